The quantitative estimate of drug-likeness (QED) is 0.485. The summed E-state index contributed by atoms with van der Waals surface area (Å²) in [5, 5.41) is 7.37. The molecule has 0 unspecified atom stereocenters. The van der Waals surface area contributed by atoms with Gasteiger partial charge >= 0.3 is 0 Å². The Balaban J connectivity index is 1.78. The molecular formula is C22H21N5O3. The van der Waals surface area contributed by atoms with E-state index in [0.29, 0.717) is 29.4 Å². The van der Waals surface area contributed by atoms with Gasteiger partial charge < -0.3 is 9.73 Å². The van der Waals surface area contributed by atoms with Crippen molar-refractivity contribution in [3.63, 3.8) is 0 Å². The van der Waals surface area contributed by atoms with Crippen molar-refractivity contribution in [1.82, 2.24) is 19.7 Å². The van der Waals surface area contributed by atoms with Crippen LogP contribution in [-0.2, 0) is 4.79 Å². The summed E-state index contributed by atoms with van der Waals surface area (Å²) < 4.78 is 6.84. The van der Waals surface area contributed by atoms with Gasteiger partial charge in [0.2, 0.25) is 11.9 Å². The molecule has 152 valence electrons. The molecule has 0 fully saturated rings. The maximum atomic E-state index is 12.3. The number of unbranched alkanes of at least 4 members (excludes halogenated alkanes) is 1. The van der Waals surface area contributed by atoms with E-state index in [2.05, 4.69) is 20.4 Å². The molecule has 3 heterocycles. The second-order valence-corrected chi connectivity index (χ2v) is 6.78. The summed E-state index contributed by atoms with van der Waals surface area (Å²) in [7, 11) is 0. The smallest absolute Gasteiger partial charge is 0.252 e. The van der Waals surface area contributed by atoms with Crippen molar-refractivity contribution in [2.75, 3.05) is 5.32 Å². The highest BCUT2D eigenvalue weighted by molar-refractivity contribution is 5.90. The first-order valence-corrected chi connectivity index (χ1v) is 9.75. The van der Waals surface area contributed by atoms with E-state index in [1.807, 2.05) is 37.3 Å². The predicted molar refractivity (Wildman–Crippen MR) is 113 cm³/mol. The number of aromatic amines is 1. The predicted octanol–water partition coefficient (Wildman–Crippen LogP) is 4.01. The Morgan fingerprint density at radius 3 is 2.70 bits per heavy atom. The van der Waals surface area contributed by atoms with E-state index in [4.69, 9.17) is 4.42 Å². The van der Waals surface area contributed by atoms with E-state index in [1.165, 1.54) is 10.7 Å². The lowest BCUT2D eigenvalue weighted by atomic mass is 10.1. The zero-order valence-corrected chi connectivity index (χ0v) is 16.5. The van der Waals surface area contributed by atoms with Crippen LogP contribution >= 0.6 is 0 Å². The molecule has 8 nitrogen and oxygen atoms in total. The third-order valence-corrected chi connectivity index (χ3v) is 4.51. The summed E-state index contributed by atoms with van der Waals surface area (Å²) in [5.74, 6) is 1.01. The molecule has 0 radical (unpaired) electrons. The average Bonchev–Trinajstić information content (AvgIpc) is 3.42. The van der Waals surface area contributed by atoms with Gasteiger partial charge in [0, 0.05) is 24.1 Å². The average molecular weight is 403 g/mol. The number of H-pyrrole nitrogens is 1. The molecule has 30 heavy (non-hydrogen) atoms. The van der Waals surface area contributed by atoms with Crippen LogP contribution in [0.4, 0.5) is 5.82 Å². The van der Waals surface area contributed by atoms with E-state index in [-0.39, 0.29) is 17.4 Å². The van der Waals surface area contributed by atoms with E-state index in [1.54, 1.807) is 24.5 Å². The summed E-state index contributed by atoms with van der Waals surface area (Å²) in [6.45, 7) is 2.02. The fourth-order valence-corrected chi connectivity index (χ4v) is 3.02. The molecule has 4 aromatic rings. The summed E-state index contributed by atoms with van der Waals surface area (Å²) in [6.07, 6.45) is 3.64. The van der Waals surface area contributed by atoms with Crippen molar-refractivity contribution < 1.29 is 9.21 Å². The highest BCUT2D eigenvalue weighted by Gasteiger charge is 2.17. The van der Waals surface area contributed by atoms with Gasteiger partial charge in [-0.15, -0.1) is 0 Å². The van der Waals surface area contributed by atoms with Crippen LogP contribution in [0.1, 0.15) is 26.2 Å². The second-order valence-electron chi connectivity index (χ2n) is 6.78. The number of benzene rings is 1. The minimum Gasteiger partial charge on any atom is -0.463 e. The Labute approximate surface area is 172 Å². The van der Waals surface area contributed by atoms with Crippen molar-refractivity contribution in [2.24, 2.45) is 0 Å². The lowest BCUT2D eigenvalue weighted by molar-refractivity contribution is -0.116. The molecule has 1 amide bonds. The van der Waals surface area contributed by atoms with Crippen LogP contribution in [0, 0.1) is 0 Å². The minimum absolute atomic E-state index is 0.134. The summed E-state index contributed by atoms with van der Waals surface area (Å²) >= 11 is 0. The number of amides is 1. The number of furan rings is 1. The normalized spacial score (nSPS) is 10.8. The topological polar surface area (TPSA) is 106 Å². The molecule has 1 aromatic carbocycles. The molecule has 2 N–H and O–H groups in total. The van der Waals surface area contributed by atoms with Crippen LogP contribution < -0.4 is 10.9 Å². The Morgan fingerprint density at radius 1 is 1.13 bits per heavy atom. The number of hydrogen-bond donors (Lipinski definition) is 2. The molecule has 0 aliphatic heterocycles. The standard InChI is InChI=1S/C22H21N5O3/c1-2-3-11-20(28)24-19-13-17(18-10-7-12-30-18)26-27(19)22-23-16(14-21(29)25-22)15-8-5-4-6-9-15/h4-10,12-14H,2-3,11H2,1H3,(H,24,28)(H,23,25,29). The SMILES string of the molecule is CCCCC(=O)Nc1cc(-c2ccco2)nn1-c1nc(-c2ccccc2)cc(=O)[nH]1. The Bertz CT molecular complexity index is 1190. The number of rotatable bonds is 7. The third kappa shape index (κ3) is 4.22. The Kier molecular flexibility index (Phi) is 5.56. The zero-order valence-electron chi connectivity index (χ0n) is 16.5. The first-order valence-electron chi connectivity index (χ1n) is 9.75. The maximum Gasteiger partial charge on any atom is 0.252 e. The molecule has 4 rings (SSSR count). The van der Waals surface area contributed by atoms with E-state index < -0.39 is 0 Å². The second kappa shape index (κ2) is 8.60. The van der Waals surface area contributed by atoms with Crippen LogP contribution in [0.15, 0.2) is 70.1 Å². The van der Waals surface area contributed by atoms with Gasteiger partial charge in [0.25, 0.3) is 5.56 Å². The largest absolute Gasteiger partial charge is 0.463 e. The molecular weight excluding hydrogens is 382 g/mol. The highest BCUT2D eigenvalue weighted by Crippen LogP contribution is 2.25. The van der Waals surface area contributed by atoms with Crippen LogP contribution in [0.25, 0.3) is 28.7 Å². The number of nitrogens with zero attached hydrogens (tertiary/aromatic N) is 3. The molecule has 0 saturated heterocycles. The number of carbonyl (C=O) groups is 1. The van der Waals surface area contributed by atoms with Gasteiger partial charge in [-0.2, -0.15) is 9.78 Å². The fourth-order valence-electron chi connectivity index (χ4n) is 3.02. The summed E-state index contributed by atoms with van der Waals surface area (Å²) in [6, 6.07) is 16.0. The van der Waals surface area contributed by atoms with Crippen molar-refractivity contribution in [3.05, 3.63) is 71.2 Å². The first kappa shape index (κ1) is 19.4. The number of hydrogen-bond acceptors (Lipinski definition) is 5. The number of carbonyl (C=O) groups excluding carboxylic acids is 1. The van der Waals surface area contributed by atoms with Crippen LogP contribution in [0.2, 0.25) is 0 Å². The Morgan fingerprint density at radius 2 is 1.97 bits per heavy atom. The van der Waals surface area contributed by atoms with Gasteiger partial charge in [-0.3, -0.25) is 14.6 Å². The van der Waals surface area contributed by atoms with Gasteiger partial charge in [-0.1, -0.05) is 43.7 Å². The lowest BCUT2D eigenvalue weighted by Crippen LogP contribution is -2.18. The monoisotopic (exact) mass is 403 g/mol. The number of anilines is 1. The van der Waals surface area contributed by atoms with Crippen molar-refractivity contribution >= 4 is 11.7 Å². The molecule has 0 bridgehead atoms. The van der Waals surface area contributed by atoms with Gasteiger partial charge in [0.05, 0.1) is 12.0 Å². The van der Waals surface area contributed by atoms with Crippen LogP contribution in [0.5, 0.6) is 0 Å². The number of nitrogens with one attached hydrogen (secondary N) is 2. The van der Waals surface area contributed by atoms with Gasteiger partial charge in [0.1, 0.15) is 11.5 Å². The molecule has 0 spiro atoms. The first-order chi connectivity index (χ1) is 14.6. The van der Waals surface area contributed by atoms with Gasteiger partial charge in [-0.05, 0) is 18.6 Å². The molecule has 0 aliphatic rings. The van der Waals surface area contributed by atoms with Crippen molar-refractivity contribution in [3.8, 4) is 28.7 Å². The van der Waals surface area contributed by atoms with Crippen molar-refractivity contribution in [2.45, 2.75) is 26.2 Å². The third-order valence-electron chi connectivity index (χ3n) is 4.51. The highest BCUT2D eigenvalue weighted by atomic mass is 16.3. The maximum absolute atomic E-state index is 12.3. The van der Waals surface area contributed by atoms with E-state index in [0.717, 1.165) is 18.4 Å². The van der Waals surface area contributed by atoms with Gasteiger partial charge in [0.15, 0.2) is 5.76 Å². The number of aromatic nitrogens is 4. The van der Waals surface area contributed by atoms with Crippen molar-refractivity contribution in [1.29, 1.82) is 0 Å². The minimum atomic E-state index is -0.322. The van der Waals surface area contributed by atoms with E-state index in [9.17, 15) is 9.59 Å². The molecule has 0 saturated carbocycles. The lowest BCUT2D eigenvalue weighted by Gasteiger charge is -2.09. The molecule has 3 aromatic heterocycles. The summed E-state index contributed by atoms with van der Waals surface area (Å²) in [4.78, 5) is 31.9. The molecule has 8 heteroatoms. The van der Waals surface area contributed by atoms with E-state index >= 15 is 0 Å². The Hall–Kier alpha value is -3.94. The van der Waals surface area contributed by atoms with Gasteiger partial charge in [-0.25, -0.2) is 4.98 Å². The molecule has 0 atom stereocenters. The molecule has 0 aliphatic carbocycles. The van der Waals surface area contributed by atoms with Crippen LogP contribution in [-0.4, -0.2) is 25.7 Å². The fraction of sp³-hybridized carbons (Fsp3) is 0.182. The zero-order chi connectivity index (χ0) is 20.9. The summed E-state index contributed by atoms with van der Waals surface area (Å²) in [5.41, 5.74) is 1.50. The van der Waals surface area contributed by atoms with Crippen LogP contribution in [0.3, 0.4) is 0 Å².